The van der Waals surface area contributed by atoms with Gasteiger partial charge in [0.2, 0.25) is 15.9 Å². The van der Waals surface area contributed by atoms with E-state index in [1.54, 1.807) is 17.0 Å². The summed E-state index contributed by atoms with van der Waals surface area (Å²) >= 11 is 0. The van der Waals surface area contributed by atoms with Gasteiger partial charge in [-0.15, -0.1) is 0 Å². The van der Waals surface area contributed by atoms with E-state index in [-0.39, 0.29) is 29.5 Å². The summed E-state index contributed by atoms with van der Waals surface area (Å²) in [5.41, 5.74) is 0.148. The number of sulfonamides is 1. The Labute approximate surface area is 173 Å². The van der Waals surface area contributed by atoms with Crippen molar-refractivity contribution in [2.24, 2.45) is 5.92 Å². The van der Waals surface area contributed by atoms with Crippen molar-refractivity contribution in [3.63, 3.8) is 0 Å². The molecule has 0 N–H and O–H groups in total. The molecule has 2 fully saturated rings. The Kier molecular flexibility index (Phi) is 6.93. The monoisotopic (exact) mass is 418 g/mol. The van der Waals surface area contributed by atoms with E-state index in [9.17, 15) is 18.5 Å². The Bertz CT molecular complexity index is 864. The van der Waals surface area contributed by atoms with Crippen molar-refractivity contribution in [2.75, 3.05) is 39.8 Å². The van der Waals surface area contributed by atoms with Crippen LogP contribution in [0.5, 0.6) is 0 Å². The molecule has 1 aliphatic heterocycles. The first-order chi connectivity index (χ1) is 13.8. The average molecular weight is 419 g/mol. The van der Waals surface area contributed by atoms with E-state index in [2.05, 4.69) is 11.8 Å². The molecule has 1 aromatic rings. The minimum absolute atomic E-state index is 0.0357. The molecule has 0 bridgehead atoms. The van der Waals surface area contributed by atoms with Crippen LogP contribution in [-0.2, 0) is 14.8 Å². The molecule has 0 atom stereocenters. The number of nitrogens with zero attached hydrogens (tertiary/aromatic N) is 4. The zero-order chi connectivity index (χ0) is 21.0. The highest BCUT2D eigenvalue weighted by molar-refractivity contribution is 7.89. The molecule has 1 heterocycles. The molecule has 2 aliphatic rings. The summed E-state index contributed by atoms with van der Waals surface area (Å²) in [6.45, 7) is 3.91. The number of benzene rings is 1. The summed E-state index contributed by atoms with van der Waals surface area (Å²) in [6.07, 6.45) is 4.69. The van der Waals surface area contributed by atoms with Crippen molar-refractivity contribution in [2.45, 2.75) is 43.5 Å². The summed E-state index contributed by atoms with van der Waals surface area (Å²) < 4.78 is 27.2. The number of piperazine rings is 1. The Morgan fingerprint density at radius 3 is 2.38 bits per heavy atom. The van der Waals surface area contributed by atoms with Crippen LogP contribution < -0.4 is 0 Å². The number of rotatable bonds is 5. The molecule has 0 spiro atoms. The number of nitriles is 1. The number of amides is 1. The molecule has 1 amide bonds. The van der Waals surface area contributed by atoms with Crippen molar-refractivity contribution < 1.29 is 13.2 Å². The lowest BCUT2D eigenvalue weighted by Crippen LogP contribution is -2.53. The average Bonchev–Trinajstić information content (AvgIpc) is 2.74. The summed E-state index contributed by atoms with van der Waals surface area (Å²) in [5.74, 6) is 0.831. The van der Waals surface area contributed by atoms with Crippen LogP contribution in [0.25, 0.3) is 0 Å². The Balaban J connectivity index is 1.56. The van der Waals surface area contributed by atoms with Crippen molar-refractivity contribution >= 4 is 15.9 Å². The fourth-order valence-corrected chi connectivity index (χ4v) is 5.79. The van der Waals surface area contributed by atoms with Gasteiger partial charge in [-0.25, -0.2) is 8.42 Å². The van der Waals surface area contributed by atoms with Gasteiger partial charge in [-0.1, -0.05) is 19.1 Å². The lowest BCUT2D eigenvalue weighted by atomic mass is 9.87. The number of likely N-dealkylation sites (N-methyl/N-ethyl adjacent to an activating group) is 1. The van der Waals surface area contributed by atoms with Gasteiger partial charge in [0.05, 0.1) is 17.0 Å². The second kappa shape index (κ2) is 9.24. The normalized spacial score (nSPS) is 23.7. The van der Waals surface area contributed by atoms with Crippen LogP contribution in [0.15, 0.2) is 29.2 Å². The van der Waals surface area contributed by atoms with Gasteiger partial charge in [-0.2, -0.15) is 9.57 Å². The number of hydrogen-bond donors (Lipinski definition) is 0. The zero-order valence-corrected chi connectivity index (χ0v) is 18.1. The maximum absolute atomic E-state index is 12.9. The Morgan fingerprint density at radius 1 is 1.14 bits per heavy atom. The lowest BCUT2D eigenvalue weighted by molar-refractivity contribution is -0.134. The molecule has 0 unspecified atom stereocenters. The maximum atomic E-state index is 12.9. The third kappa shape index (κ3) is 4.97. The van der Waals surface area contributed by atoms with E-state index in [1.165, 1.54) is 29.3 Å². The number of carbonyl (C=O) groups excluding carboxylic acids is 1. The van der Waals surface area contributed by atoms with E-state index in [4.69, 9.17) is 0 Å². The van der Waals surface area contributed by atoms with E-state index in [0.717, 1.165) is 18.8 Å². The molecule has 7 nitrogen and oxygen atoms in total. The van der Waals surface area contributed by atoms with Crippen LogP contribution in [0.1, 0.15) is 38.2 Å². The predicted molar refractivity (Wildman–Crippen MR) is 111 cm³/mol. The molecular weight excluding hydrogens is 388 g/mol. The van der Waals surface area contributed by atoms with Crippen molar-refractivity contribution in [3.8, 4) is 6.07 Å². The van der Waals surface area contributed by atoms with Crippen molar-refractivity contribution in [1.82, 2.24) is 14.1 Å². The summed E-state index contributed by atoms with van der Waals surface area (Å²) in [4.78, 5) is 16.7. The van der Waals surface area contributed by atoms with Crippen LogP contribution in [0.4, 0.5) is 0 Å². The first kappa shape index (κ1) is 21.8. The van der Waals surface area contributed by atoms with Gasteiger partial charge in [0.25, 0.3) is 0 Å². The minimum Gasteiger partial charge on any atom is -0.339 e. The number of hydrogen-bond acceptors (Lipinski definition) is 5. The molecule has 8 heteroatoms. The molecule has 3 rings (SSSR count). The molecule has 29 heavy (non-hydrogen) atoms. The van der Waals surface area contributed by atoms with Crippen LogP contribution in [0.3, 0.4) is 0 Å². The van der Waals surface area contributed by atoms with E-state index < -0.39 is 10.0 Å². The third-order valence-corrected chi connectivity index (χ3v) is 8.17. The third-order valence-electron chi connectivity index (χ3n) is 6.21. The first-order valence-corrected chi connectivity index (χ1v) is 11.7. The topological polar surface area (TPSA) is 84.7 Å². The van der Waals surface area contributed by atoms with Crippen molar-refractivity contribution in [1.29, 1.82) is 5.26 Å². The zero-order valence-electron chi connectivity index (χ0n) is 17.2. The van der Waals surface area contributed by atoms with E-state index in [0.29, 0.717) is 25.7 Å². The Hall–Kier alpha value is -1.95. The largest absolute Gasteiger partial charge is 0.339 e. The van der Waals surface area contributed by atoms with Gasteiger partial charge in [-0.3, -0.25) is 9.69 Å². The molecule has 0 radical (unpaired) electrons. The summed E-state index contributed by atoms with van der Waals surface area (Å²) in [7, 11) is -1.72. The van der Waals surface area contributed by atoms with E-state index in [1.807, 2.05) is 13.1 Å². The molecular formula is C21H30N4O3S. The minimum atomic E-state index is -3.74. The van der Waals surface area contributed by atoms with Gasteiger partial charge in [-0.05, 0) is 50.8 Å². The van der Waals surface area contributed by atoms with Crippen LogP contribution in [-0.4, -0.2) is 74.2 Å². The Morgan fingerprint density at radius 2 is 1.76 bits per heavy atom. The predicted octanol–water partition coefficient (Wildman–Crippen LogP) is 1.90. The second-order valence-electron chi connectivity index (χ2n) is 8.22. The molecule has 1 aliphatic carbocycles. The molecule has 1 saturated heterocycles. The van der Waals surface area contributed by atoms with Crippen LogP contribution in [0, 0.1) is 17.2 Å². The van der Waals surface area contributed by atoms with Crippen molar-refractivity contribution in [3.05, 3.63) is 29.8 Å². The smallest absolute Gasteiger partial charge is 0.244 e. The highest BCUT2D eigenvalue weighted by Crippen LogP contribution is 2.26. The standard InChI is InChI=1S/C21H30N4O3S/c1-17-7-9-19(10-8-17)23(2)16-21(26)24-11-13-25(14-12-24)29(27,28)20-6-4-3-5-18(20)15-22/h3-6,17,19H,7-14,16H2,1-2H3. The quantitative estimate of drug-likeness (QED) is 0.729. The van der Waals surface area contributed by atoms with Crippen LogP contribution in [0.2, 0.25) is 0 Å². The van der Waals surface area contributed by atoms with Gasteiger partial charge < -0.3 is 4.90 Å². The maximum Gasteiger partial charge on any atom is 0.244 e. The van der Waals surface area contributed by atoms with E-state index >= 15 is 0 Å². The molecule has 1 aromatic carbocycles. The molecule has 1 saturated carbocycles. The SMILES string of the molecule is CC1CCC(N(C)CC(=O)N2CCN(S(=O)(=O)c3ccccc3C#N)CC2)CC1. The van der Waals surface area contributed by atoms with Gasteiger partial charge in [0.15, 0.2) is 0 Å². The first-order valence-electron chi connectivity index (χ1n) is 10.3. The highest BCUT2D eigenvalue weighted by atomic mass is 32.2. The summed E-state index contributed by atoms with van der Waals surface area (Å²) in [5, 5.41) is 9.21. The van der Waals surface area contributed by atoms with Crippen LogP contribution >= 0.6 is 0 Å². The fourth-order valence-electron chi connectivity index (χ4n) is 4.23. The summed E-state index contributed by atoms with van der Waals surface area (Å²) in [6, 6.07) is 8.65. The number of carbonyl (C=O) groups is 1. The molecule has 0 aromatic heterocycles. The highest BCUT2D eigenvalue weighted by Gasteiger charge is 2.32. The lowest BCUT2D eigenvalue weighted by Gasteiger charge is -2.37. The van der Waals surface area contributed by atoms with Gasteiger partial charge in [0, 0.05) is 32.2 Å². The molecule has 158 valence electrons. The van der Waals surface area contributed by atoms with Gasteiger partial charge in [0.1, 0.15) is 6.07 Å². The van der Waals surface area contributed by atoms with Gasteiger partial charge >= 0.3 is 0 Å². The fraction of sp³-hybridized carbons (Fsp3) is 0.619. The second-order valence-corrected chi connectivity index (χ2v) is 10.1.